The molecular weight excluding hydrogens is 255 g/mol. The first kappa shape index (κ1) is 10.5. The van der Waals surface area contributed by atoms with Crippen LogP contribution in [0.25, 0.3) is 0 Å². The summed E-state index contributed by atoms with van der Waals surface area (Å²) < 4.78 is 0. The predicted molar refractivity (Wildman–Crippen MR) is 63.5 cm³/mol. The van der Waals surface area contributed by atoms with Gasteiger partial charge in [0.25, 0.3) is 0 Å². The van der Waals surface area contributed by atoms with E-state index in [1.54, 1.807) is 18.2 Å². The van der Waals surface area contributed by atoms with Crippen LogP contribution in [0, 0.1) is 0 Å². The van der Waals surface area contributed by atoms with E-state index in [-0.39, 0.29) is 5.88 Å². The highest BCUT2D eigenvalue weighted by Gasteiger charge is 2.07. The smallest absolute Gasteiger partial charge is 0.223 e. The molecule has 0 aliphatic rings. The molecule has 0 unspecified atom stereocenters. The van der Waals surface area contributed by atoms with Crippen molar-refractivity contribution in [1.82, 2.24) is 4.98 Å². The third-order valence-corrected chi connectivity index (χ3v) is 3.06. The summed E-state index contributed by atoms with van der Waals surface area (Å²) in [5.41, 5.74) is 0.593. The SMILES string of the molecule is Oc1csc(Nc2c(Cl)cccc2Cl)n1. The molecule has 0 saturated heterocycles. The molecular formula is C9H6Cl2N2OS. The van der Waals surface area contributed by atoms with Crippen molar-refractivity contribution in [3.05, 3.63) is 33.6 Å². The molecule has 15 heavy (non-hydrogen) atoms. The zero-order valence-corrected chi connectivity index (χ0v) is 9.70. The average molecular weight is 261 g/mol. The van der Waals surface area contributed by atoms with Gasteiger partial charge in [0.15, 0.2) is 5.13 Å². The standard InChI is InChI=1S/C9H6Cl2N2OS/c10-5-2-1-3-6(11)8(5)13-9-12-7(14)4-15-9/h1-4,14H,(H,12,13). The molecule has 2 N–H and O–H groups in total. The second-order valence-electron chi connectivity index (χ2n) is 2.73. The fourth-order valence-electron chi connectivity index (χ4n) is 1.05. The fraction of sp³-hybridized carbons (Fsp3) is 0. The highest BCUT2D eigenvalue weighted by molar-refractivity contribution is 7.14. The van der Waals surface area contributed by atoms with Crippen LogP contribution in [-0.2, 0) is 0 Å². The van der Waals surface area contributed by atoms with Gasteiger partial charge < -0.3 is 10.4 Å². The van der Waals surface area contributed by atoms with Crippen LogP contribution in [-0.4, -0.2) is 10.1 Å². The van der Waals surface area contributed by atoms with Crippen LogP contribution in [0.5, 0.6) is 5.88 Å². The van der Waals surface area contributed by atoms with Crippen molar-refractivity contribution in [3.8, 4) is 5.88 Å². The Bertz CT molecular complexity index is 466. The molecule has 0 spiro atoms. The molecule has 1 aromatic carbocycles. The van der Waals surface area contributed by atoms with E-state index in [4.69, 9.17) is 28.3 Å². The zero-order chi connectivity index (χ0) is 10.8. The van der Waals surface area contributed by atoms with Crippen LogP contribution in [0.2, 0.25) is 10.0 Å². The van der Waals surface area contributed by atoms with Crippen LogP contribution in [0.3, 0.4) is 0 Å². The van der Waals surface area contributed by atoms with E-state index in [1.165, 1.54) is 16.7 Å². The van der Waals surface area contributed by atoms with Gasteiger partial charge in [0.2, 0.25) is 5.88 Å². The number of aromatic nitrogens is 1. The number of halogens is 2. The van der Waals surface area contributed by atoms with Crippen LogP contribution in [0.15, 0.2) is 23.6 Å². The first-order valence-corrected chi connectivity index (χ1v) is 5.66. The monoisotopic (exact) mass is 260 g/mol. The maximum atomic E-state index is 9.06. The molecule has 0 fully saturated rings. The predicted octanol–water partition coefficient (Wildman–Crippen LogP) is 3.90. The molecule has 0 aliphatic carbocycles. The van der Waals surface area contributed by atoms with Crippen molar-refractivity contribution in [1.29, 1.82) is 0 Å². The molecule has 0 aliphatic heterocycles. The molecule has 0 atom stereocenters. The summed E-state index contributed by atoms with van der Waals surface area (Å²) in [5.74, 6) is -0.0225. The third kappa shape index (κ3) is 2.34. The lowest BCUT2D eigenvalue weighted by Gasteiger charge is -2.06. The van der Waals surface area contributed by atoms with E-state index >= 15 is 0 Å². The van der Waals surface area contributed by atoms with Crippen molar-refractivity contribution in [2.75, 3.05) is 5.32 Å². The quantitative estimate of drug-likeness (QED) is 0.861. The molecule has 1 aromatic heterocycles. The van der Waals surface area contributed by atoms with E-state index in [0.717, 1.165) is 0 Å². The van der Waals surface area contributed by atoms with E-state index in [0.29, 0.717) is 20.9 Å². The lowest BCUT2D eigenvalue weighted by Crippen LogP contribution is -1.91. The van der Waals surface area contributed by atoms with Gasteiger partial charge in [-0.1, -0.05) is 29.3 Å². The second-order valence-corrected chi connectivity index (χ2v) is 4.41. The fourth-order valence-corrected chi connectivity index (χ4v) is 2.12. The van der Waals surface area contributed by atoms with Crippen molar-refractivity contribution in [3.63, 3.8) is 0 Å². The first-order valence-electron chi connectivity index (χ1n) is 4.02. The number of nitrogens with zero attached hydrogens (tertiary/aromatic N) is 1. The minimum Gasteiger partial charge on any atom is -0.493 e. The van der Waals surface area contributed by atoms with Crippen LogP contribution < -0.4 is 5.32 Å². The Labute approximate surface area is 100 Å². The van der Waals surface area contributed by atoms with E-state index in [9.17, 15) is 0 Å². The largest absolute Gasteiger partial charge is 0.493 e. The summed E-state index contributed by atoms with van der Waals surface area (Å²) in [6.07, 6.45) is 0. The Morgan fingerprint density at radius 2 is 1.93 bits per heavy atom. The molecule has 6 heteroatoms. The molecule has 0 radical (unpaired) electrons. The Morgan fingerprint density at radius 3 is 2.47 bits per heavy atom. The van der Waals surface area contributed by atoms with Gasteiger partial charge in [0.05, 0.1) is 21.1 Å². The van der Waals surface area contributed by atoms with Gasteiger partial charge >= 0.3 is 0 Å². The number of anilines is 2. The minimum atomic E-state index is -0.0225. The lowest BCUT2D eigenvalue weighted by atomic mass is 10.3. The zero-order valence-electron chi connectivity index (χ0n) is 7.37. The minimum absolute atomic E-state index is 0.0225. The van der Waals surface area contributed by atoms with Gasteiger partial charge in [0, 0.05) is 0 Å². The lowest BCUT2D eigenvalue weighted by molar-refractivity contribution is 0.458. The summed E-state index contributed by atoms with van der Waals surface area (Å²) in [6.45, 7) is 0. The van der Waals surface area contributed by atoms with Gasteiger partial charge in [-0.25, -0.2) is 0 Å². The van der Waals surface area contributed by atoms with Crippen LogP contribution in [0.4, 0.5) is 10.8 Å². The van der Waals surface area contributed by atoms with Gasteiger partial charge in [-0.3, -0.25) is 0 Å². The molecule has 2 aromatic rings. The van der Waals surface area contributed by atoms with E-state index in [1.807, 2.05) is 0 Å². The number of nitrogens with one attached hydrogen (secondary N) is 1. The van der Waals surface area contributed by atoms with Gasteiger partial charge in [-0.2, -0.15) is 4.98 Å². The maximum Gasteiger partial charge on any atom is 0.223 e. The van der Waals surface area contributed by atoms with Crippen LogP contribution in [0.1, 0.15) is 0 Å². The molecule has 0 amide bonds. The average Bonchev–Trinajstić information content (AvgIpc) is 2.58. The maximum absolute atomic E-state index is 9.06. The second kappa shape index (κ2) is 4.26. The Hall–Kier alpha value is -0.970. The highest BCUT2D eigenvalue weighted by Crippen LogP contribution is 2.33. The molecule has 2 rings (SSSR count). The van der Waals surface area contributed by atoms with E-state index in [2.05, 4.69) is 10.3 Å². The van der Waals surface area contributed by atoms with Gasteiger partial charge in [-0.15, -0.1) is 11.3 Å². The summed E-state index contributed by atoms with van der Waals surface area (Å²) in [4.78, 5) is 3.83. The normalized spacial score (nSPS) is 10.3. The summed E-state index contributed by atoms with van der Waals surface area (Å²) in [5, 5.41) is 15.1. The molecule has 78 valence electrons. The Morgan fingerprint density at radius 1 is 1.27 bits per heavy atom. The van der Waals surface area contributed by atoms with Crippen molar-refractivity contribution in [2.24, 2.45) is 0 Å². The van der Waals surface area contributed by atoms with Gasteiger partial charge in [0.1, 0.15) is 0 Å². The van der Waals surface area contributed by atoms with Crippen molar-refractivity contribution >= 4 is 45.4 Å². The summed E-state index contributed by atoms with van der Waals surface area (Å²) in [6, 6.07) is 5.21. The summed E-state index contributed by atoms with van der Waals surface area (Å²) >= 11 is 13.2. The Balaban J connectivity index is 2.31. The number of thiazole rings is 1. The Kier molecular flexibility index (Phi) is 3.00. The number of benzene rings is 1. The number of hydrogen-bond acceptors (Lipinski definition) is 4. The van der Waals surface area contributed by atoms with E-state index < -0.39 is 0 Å². The first-order chi connectivity index (χ1) is 7.16. The summed E-state index contributed by atoms with van der Waals surface area (Å²) in [7, 11) is 0. The molecule has 1 heterocycles. The number of aromatic hydroxyl groups is 1. The van der Waals surface area contributed by atoms with Crippen molar-refractivity contribution in [2.45, 2.75) is 0 Å². The molecule has 3 nitrogen and oxygen atoms in total. The number of para-hydroxylation sites is 1. The number of rotatable bonds is 2. The molecule has 0 saturated carbocycles. The highest BCUT2D eigenvalue weighted by atomic mass is 35.5. The van der Waals surface area contributed by atoms with Crippen LogP contribution >= 0.6 is 34.5 Å². The van der Waals surface area contributed by atoms with Gasteiger partial charge in [-0.05, 0) is 12.1 Å². The van der Waals surface area contributed by atoms with Crippen molar-refractivity contribution < 1.29 is 5.11 Å². The third-order valence-electron chi connectivity index (χ3n) is 1.69. The topological polar surface area (TPSA) is 45.1 Å². The number of hydrogen-bond donors (Lipinski definition) is 2. The molecule has 0 bridgehead atoms.